The van der Waals surface area contributed by atoms with Gasteiger partial charge in [0.25, 0.3) is 0 Å². The van der Waals surface area contributed by atoms with Crippen LogP contribution in [0.25, 0.3) is 11.5 Å². The molecule has 0 radical (unpaired) electrons. The number of aromatic nitrogens is 3. The van der Waals surface area contributed by atoms with Gasteiger partial charge in [0, 0.05) is 25.2 Å². The second kappa shape index (κ2) is 7.66. The van der Waals surface area contributed by atoms with Crippen molar-refractivity contribution in [2.45, 2.75) is 25.7 Å². The minimum absolute atomic E-state index is 0.649. The average molecular weight is 386 g/mol. The highest BCUT2D eigenvalue weighted by Crippen LogP contribution is 2.24. The van der Waals surface area contributed by atoms with Gasteiger partial charge in [-0.05, 0) is 23.8 Å². The van der Waals surface area contributed by atoms with E-state index < -0.39 is 6.10 Å². The number of aliphatic hydroxyl groups excluding tert-OH is 1. The third-order valence-corrected chi connectivity index (χ3v) is 5.25. The molecule has 1 N–H and O–H groups in total. The molecule has 0 unspecified atom stereocenters. The normalized spacial score (nSPS) is 15.2. The Morgan fingerprint density at radius 2 is 1.76 bits per heavy atom. The van der Waals surface area contributed by atoms with E-state index in [2.05, 4.69) is 15.0 Å². The summed E-state index contributed by atoms with van der Waals surface area (Å²) in [6.45, 7) is 3.16. The van der Waals surface area contributed by atoms with Crippen molar-refractivity contribution in [2.24, 2.45) is 0 Å². The minimum atomic E-state index is -0.702. The molecule has 2 aromatic carbocycles. The Morgan fingerprint density at radius 3 is 2.55 bits per heavy atom. The maximum atomic E-state index is 10.6. The van der Waals surface area contributed by atoms with Crippen LogP contribution in [0, 0.1) is 0 Å². The van der Waals surface area contributed by atoms with Crippen LogP contribution in [-0.2, 0) is 19.6 Å². The SMILES string of the molecule is O[C@@H](c1ccccc1)c1cc2n(n1)CCN(Cc1coc(-c3ccccc3)n1)C2. The number of benzene rings is 2. The Morgan fingerprint density at radius 1 is 1.00 bits per heavy atom. The zero-order chi connectivity index (χ0) is 19.6. The Hall–Kier alpha value is -3.22. The van der Waals surface area contributed by atoms with Crippen LogP contribution in [0.2, 0.25) is 0 Å². The van der Waals surface area contributed by atoms with E-state index in [9.17, 15) is 5.11 Å². The number of aliphatic hydroxyl groups is 1. The van der Waals surface area contributed by atoms with Gasteiger partial charge in [0.1, 0.15) is 12.4 Å². The van der Waals surface area contributed by atoms with E-state index in [4.69, 9.17) is 4.42 Å². The second-order valence-electron chi connectivity index (χ2n) is 7.32. The van der Waals surface area contributed by atoms with Crippen molar-refractivity contribution in [1.82, 2.24) is 19.7 Å². The molecule has 0 aliphatic carbocycles. The highest BCUT2D eigenvalue weighted by Gasteiger charge is 2.22. The van der Waals surface area contributed by atoms with Gasteiger partial charge < -0.3 is 9.52 Å². The molecule has 5 rings (SSSR count). The largest absolute Gasteiger partial charge is 0.444 e. The van der Waals surface area contributed by atoms with Crippen LogP contribution in [0.1, 0.15) is 28.7 Å². The van der Waals surface area contributed by atoms with Crippen molar-refractivity contribution in [3.05, 3.63) is 95.6 Å². The summed E-state index contributed by atoms with van der Waals surface area (Å²) in [6.07, 6.45) is 1.03. The van der Waals surface area contributed by atoms with Gasteiger partial charge >= 0.3 is 0 Å². The van der Waals surface area contributed by atoms with Crippen molar-refractivity contribution in [1.29, 1.82) is 0 Å². The lowest BCUT2D eigenvalue weighted by atomic mass is 10.1. The fourth-order valence-electron chi connectivity index (χ4n) is 3.74. The van der Waals surface area contributed by atoms with Gasteiger partial charge in [-0.15, -0.1) is 0 Å². The number of oxazole rings is 1. The van der Waals surface area contributed by atoms with Gasteiger partial charge in [0.05, 0.1) is 23.6 Å². The van der Waals surface area contributed by atoms with Gasteiger partial charge in [-0.1, -0.05) is 48.5 Å². The fourth-order valence-corrected chi connectivity index (χ4v) is 3.74. The van der Waals surface area contributed by atoms with Crippen LogP contribution in [0.15, 0.2) is 77.4 Å². The lowest BCUT2D eigenvalue weighted by Gasteiger charge is -2.26. The average Bonchev–Trinajstić information content (AvgIpc) is 3.41. The van der Waals surface area contributed by atoms with E-state index in [-0.39, 0.29) is 0 Å². The monoisotopic (exact) mass is 386 g/mol. The summed E-state index contributed by atoms with van der Waals surface area (Å²) in [4.78, 5) is 6.95. The van der Waals surface area contributed by atoms with E-state index in [1.165, 1.54) is 0 Å². The smallest absolute Gasteiger partial charge is 0.226 e. The highest BCUT2D eigenvalue weighted by molar-refractivity contribution is 5.52. The summed E-state index contributed by atoms with van der Waals surface area (Å²) in [6, 6.07) is 21.6. The Kier molecular flexibility index (Phi) is 4.71. The molecule has 1 aliphatic rings. The molecule has 6 heteroatoms. The van der Waals surface area contributed by atoms with E-state index in [1.807, 2.05) is 71.4 Å². The van der Waals surface area contributed by atoms with Crippen LogP contribution in [0.4, 0.5) is 0 Å². The summed E-state index contributed by atoms with van der Waals surface area (Å²) in [5.41, 5.74) is 4.56. The Labute approximate surface area is 169 Å². The second-order valence-corrected chi connectivity index (χ2v) is 7.32. The first-order chi connectivity index (χ1) is 14.3. The van der Waals surface area contributed by atoms with Gasteiger partial charge in [-0.2, -0.15) is 5.10 Å². The molecular formula is C23H22N4O2. The van der Waals surface area contributed by atoms with Crippen molar-refractivity contribution in [3.8, 4) is 11.5 Å². The first-order valence-corrected chi connectivity index (χ1v) is 9.78. The third-order valence-electron chi connectivity index (χ3n) is 5.25. The zero-order valence-corrected chi connectivity index (χ0v) is 16.0. The van der Waals surface area contributed by atoms with Crippen LogP contribution in [0.5, 0.6) is 0 Å². The minimum Gasteiger partial charge on any atom is -0.444 e. The zero-order valence-electron chi connectivity index (χ0n) is 16.0. The maximum absolute atomic E-state index is 10.6. The molecule has 1 atom stereocenters. The maximum Gasteiger partial charge on any atom is 0.226 e. The summed E-state index contributed by atoms with van der Waals surface area (Å²) in [5, 5.41) is 15.3. The van der Waals surface area contributed by atoms with Gasteiger partial charge in [0.15, 0.2) is 0 Å². The molecule has 3 heterocycles. The predicted molar refractivity (Wildman–Crippen MR) is 109 cm³/mol. The third kappa shape index (κ3) is 3.72. The number of rotatable bonds is 5. The molecule has 146 valence electrons. The van der Waals surface area contributed by atoms with Crippen molar-refractivity contribution in [3.63, 3.8) is 0 Å². The highest BCUT2D eigenvalue weighted by atomic mass is 16.3. The molecular weight excluding hydrogens is 364 g/mol. The fraction of sp³-hybridized carbons (Fsp3) is 0.217. The lowest BCUT2D eigenvalue weighted by Crippen LogP contribution is -2.33. The number of hydrogen-bond acceptors (Lipinski definition) is 5. The van der Waals surface area contributed by atoms with Crippen molar-refractivity contribution in [2.75, 3.05) is 6.54 Å². The van der Waals surface area contributed by atoms with Crippen LogP contribution < -0.4 is 0 Å². The molecule has 6 nitrogen and oxygen atoms in total. The first kappa shape index (κ1) is 17.8. The molecule has 1 aliphatic heterocycles. The van der Waals surface area contributed by atoms with Crippen LogP contribution >= 0.6 is 0 Å². The standard InChI is InChI=1S/C23H22N4O2/c28-22(17-7-3-1-4-8-17)21-13-20-15-26(11-12-27(20)25-21)14-19-16-29-23(24-19)18-9-5-2-6-10-18/h1-10,13,16,22,28H,11-12,14-15H2/t22-/m0/s1. The van der Waals surface area contributed by atoms with Crippen molar-refractivity contribution >= 4 is 0 Å². The van der Waals surface area contributed by atoms with Crippen LogP contribution in [-0.4, -0.2) is 31.3 Å². The summed E-state index contributed by atoms with van der Waals surface area (Å²) >= 11 is 0. The molecule has 0 saturated heterocycles. The van der Waals surface area contributed by atoms with E-state index >= 15 is 0 Å². The Bertz CT molecular complexity index is 1090. The quantitative estimate of drug-likeness (QED) is 0.567. The molecule has 0 spiro atoms. The number of nitrogens with zero attached hydrogens (tertiary/aromatic N) is 4. The van der Waals surface area contributed by atoms with E-state index in [0.717, 1.165) is 48.7 Å². The molecule has 0 amide bonds. The molecule has 2 aromatic heterocycles. The molecule has 0 bridgehead atoms. The van der Waals surface area contributed by atoms with Gasteiger partial charge in [0.2, 0.25) is 5.89 Å². The van der Waals surface area contributed by atoms with E-state index in [1.54, 1.807) is 6.26 Å². The summed E-state index contributed by atoms with van der Waals surface area (Å²) < 4.78 is 7.65. The summed E-state index contributed by atoms with van der Waals surface area (Å²) in [7, 11) is 0. The van der Waals surface area contributed by atoms with Crippen molar-refractivity contribution < 1.29 is 9.52 Å². The molecule has 29 heavy (non-hydrogen) atoms. The molecule has 0 fully saturated rings. The van der Waals surface area contributed by atoms with Gasteiger partial charge in [-0.3, -0.25) is 9.58 Å². The van der Waals surface area contributed by atoms with Gasteiger partial charge in [-0.25, -0.2) is 4.98 Å². The molecule has 4 aromatic rings. The Balaban J connectivity index is 1.28. The van der Waals surface area contributed by atoms with E-state index in [0.29, 0.717) is 11.6 Å². The number of fused-ring (bicyclic) bond motifs is 1. The predicted octanol–water partition coefficient (Wildman–Crippen LogP) is 3.64. The lowest BCUT2D eigenvalue weighted by molar-refractivity contribution is 0.198. The first-order valence-electron chi connectivity index (χ1n) is 9.78. The number of hydrogen-bond donors (Lipinski definition) is 1. The topological polar surface area (TPSA) is 67.3 Å². The van der Waals surface area contributed by atoms with Crippen LogP contribution in [0.3, 0.4) is 0 Å². The summed E-state index contributed by atoms with van der Waals surface area (Å²) in [5.74, 6) is 0.649. The molecule has 0 saturated carbocycles.